The molecule has 0 bridgehead atoms. The first-order valence-electron chi connectivity index (χ1n) is 9.29. The topological polar surface area (TPSA) is 70.2 Å². The van der Waals surface area contributed by atoms with E-state index in [-0.39, 0.29) is 5.69 Å². The van der Waals surface area contributed by atoms with Gasteiger partial charge in [-0.25, -0.2) is 17.2 Å². The Bertz CT molecular complexity index is 1020. The number of carbonyl (C=O) groups excluding carboxylic acids is 1. The quantitative estimate of drug-likeness (QED) is 0.690. The van der Waals surface area contributed by atoms with E-state index >= 15 is 0 Å². The van der Waals surface area contributed by atoms with Crippen LogP contribution in [0.1, 0.15) is 0 Å². The Morgan fingerprint density at radius 1 is 1.07 bits per heavy atom. The number of carbonyl (C=O) groups is 1. The van der Waals surface area contributed by atoms with Gasteiger partial charge in [0.15, 0.2) is 11.6 Å². The van der Waals surface area contributed by atoms with Crippen LogP contribution >= 0.6 is 0 Å². The summed E-state index contributed by atoms with van der Waals surface area (Å²) in [4.78, 5) is 16.4. The fraction of sp³-hybridized carbons (Fsp3) is 0.350. The first-order valence-corrected chi connectivity index (χ1v) is 11.1. The van der Waals surface area contributed by atoms with E-state index in [2.05, 4.69) is 4.90 Å². The molecule has 7 nitrogen and oxygen atoms in total. The minimum atomic E-state index is -3.87. The molecule has 1 fully saturated rings. The molecule has 0 aliphatic carbocycles. The van der Waals surface area contributed by atoms with Gasteiger partial charge in [0.2, 0.25) is 15.9 Å². The molecule has 1 heterocycles. The molecule has 0 unspecified atom stereocenters. The Hall–Kier alpha value is -2.88. The SMILES string of the molecule is COc1ccccc1N1CCN(C(=O)CN(c2ccc(F)c(F)c2)S(C)(=O)=O)CC1. The summed E-state index contributed by atoms with van der Waals surface area (Å²) in [6, 6.07) is 10.3. The van der Waals surface area contributed by atoms with Crippen molar-refractivity contribution in [1.82, 2.24) is 4.90 Å². The van der Waals surface area contributed by atoms with Crippen LogP contribution in [0.4, 0.5) is 20.2 Å². The molecule has 0 spiro atoms. The fourth-order valence-corrected chi connectivity index (χ4v) is 4.19. The van der Waals surface area contributed by atoms with Gasteiger partial charge in [0.05, 0.1) is 24.7 Å². The van der Waals surface area contributed by atoms with Gasteiger partial charge in [0.25, 0.3) is 0 Å². The lowest BCUT2D eigenvalue weighted by molar-refractivity contribution is -0.129. The Morgan fingerprint density at radius 3 is 2.33 bits per heavy atom. The molecule has 1 saturated heterocycles. The lowest BCUT2D eigenvalue weighted by Crippen LogP contribution is -2.52. The zero-order valence-corrected chi connectivity index (χ0v) is 17.5. The number of hydrogen-bond acceptors (Lipinski definition) is 5. The van der Waals surface area contributed by atoms with Gasteiger partial charge >= 0.3 is 0 Å². The van der Waals surface area contributed by atoms with E-state index in [1.54, 1.807) is 12.0 Å². The van der Waals surface area contributed by atoms with Gasteiger partial charge < -0.3 is 14.5 Å². The van der Waals surface area contributed by atoms with Crippen molar-refractivity contribution in [2.75, 3.05) is 55.3 Å². The molecular weight excluding hydrogens is 416 g/mol. The number of ether oxygens (including phenoxy) is 1. The van der Waals surface area contributed by atoms with Crippen molar-refractivity contribution >= 4 is 27.3 Å². The third kappa shape index (κ3) is 4.81. The van der Waals surface area contributed by atoms with Crippen molar-refractivity contribution in [2.24, 2.45) is 0 Å². The molecule has 10 heteroatoms. The average molecular weight is 439 g/mol. The first kappa shape index (κ1) is 21.8. The highest BCUT2D eigenvalue weighted by Crippen LogP contribution is 2.28. The summed E-state index contributed by atoms with van der Waals surface area (Å²) < 4.78 is 57.3. The van der Waals surface area contributed by atoms with E-state index < -0.39 is 34.1 Å². The zero-order chi connectivity index (χ0) is 21.9. The van der Waals surface area contributed by atoms with Gasteiger partial charge in [-0.2, -0.15) is 0 Å². The number of piperazine rings is 1. The maximum absolute atomic E-state index is 13.6. The number of benzene rings is 2. The lowest BCUT2D eigenvalue weighted by atomic mass is 10.2. The maximum atomic E-state index is 13.6. The first-order chi connectivity index (χ1) is 14.2. The molecule has 0 radical (unpaired) electrons. The second-order valence-electron chi connectivity index (χ2n) is 6.91. The molecule has 0 aromatic heterocycles. The van der Waals surface area contributed by atoms with Gasteiger partial charge in [-0.3, -0.25) is 9.10 Å². The molecular formula is C20H23F2N3O4S. The largest absolute Gasteiger partial charge is 0.495 e. The van der Waals surface area contributed by atoms with Crippen LogP contribution in [0.25, 0.3) is 0 Å². The third-order valence-electron chi connectivity index (χ3n) is 4.93. The molecule has 0 N–H and O–H groups in total. The summed E-state index contributed by atoms with van der Waals surface area (Å²) in [5.74, 6) is -1.95. The van der Waals surface area contributed by atoms with Crippen LogP contribution in [-0.4, -0.2) is 65.3 Å². The Kier molecular flexibility index (Phi) is 6.45. The zero-order valence-electron chi connectivity index (χ0n) is 16.7. The number of nitrogens with zero attached hydrogens (tertiary/aromatic N) is 3. The number of sulfonamides is 1. The van der Waals surface area contributed by atoms with E-state index in [0.29, 0.717) is 26.2 Å². The number of amides is 1. The molecule has 0 saturated carbocycles. The van der Waals surface area contributed by atoms with Crippen LogP contribution < -0.4 is 13.9 Å². The minimum Gasteiger partial charge on any atom is -0.495 e. The molecule has 162 valence electrons. The third-order valence-corrected chi connectivity index (χ3v) is 6.07. The van der Waals surface area contributed by atoms with E-state index in [0.717, 1.165) is 40.2 Å². The Morgan fingerprint density at radius 2 is 1.73 bits per heavy atom. The van der Waals surface area contributed by atoms with Gasteiger partial charge in [-0.1, -0.05) is 12.1 Å². The summed E-state index contributed by atoms with van der Waals surface area (Å²) >= 11 is 0. The molecule has 3 rings (SSSR count). The van der Waals surface area contributed by atoms with E-state index in [4.69, 9.17) is 4.74 Å². The second-order valence-corrected chi connectivity index (χ2v) is 8.81. The van der Waals surface area contributed by atoms with Crippen molar-refractivity contribution < 1.29 is 26.7 Å². The monoisotopic (exact) mass is 439 g/mol. The van der Waals surface area contributed by atoms with E-state index in [1.165, 1.54) is 0 Å². The van der Waals surface area contributed by atoms with Crippen LogP contribution in [0.15, 0.2) is 42.5 Å². The van der Waals surface area contributed by atoms with Gasteiger partial charge in [0, 0.05) is 32.2 Å². The smallest absolute Gasteiger partial charge is 0.243 e. The maximum Gasteiger partial charge on any atom is 0.243 e. The summed E-state index contributed by atoms with van der Waals surface area (Å²) in [6.45, 7) is 1.41. The summed E-state index contributed by atoms with van der Waals surface area (Å²) in [5, 5.41) is 0. The highest BCUT2D eigenvalue weighted by Gasteiger charge is 2.27. The van der Waals surface area contributed by atoms with Crippen molar-refractivity contribution in [3.8, 4) is 5.75 Å². The second kappa shape index (κ2) is 8.86. The number of hydrogen-bond donors (Lipinski definition) is 0. The van der Waals surface area contributed by atoms with Crippen molar-refractivity contribution in [3.63, 3.8) is 0 Å². The lowest BCUT2D eigenvalue weighted by Gasteiger charge is -2.37. The number of anilines is 2. The highest BCUT2D eigenvalue weighted by molar-refractivity contribution is 7.92. The van der Waals surface area contributed by atoms with Gasteiger partial charge in [-0.05, 0) is 24.3 Å². The standard InChI is InChI=1S/C20H23F2N3O4S/c1-29-19-6-4-3-5-18(19)23-9-11-24(12-10-23)20(26)14-25(30(2,27)28)15-7-8-16(21)17(22)13-15/h3-8,13H,9-12,14H2,1-2H3. The van der Waals surface area contributed by atoms with E-state index in [1.807, 2.05) is 24.3 Å². The molecule has 2 aromatic carbocycles. The van der Waals surface area contributed by atoms with Crippen molar-refractivity contribution in [3.05, 3.63) is 54.1 Å². The van der Waals surface area contributed by atoms with Gasteiger partial charge in [0.1, 0.15) is 12.3 Å². The van der Waals surface area contributed by atoms with Crippen LogP contribution in [0.5, 0.6) is 5.75 Å². The summed E-state index contributed by atoms with van der Waals surface area (Å²) in [6.07, 6.45) is 0.918. The number of para-hydroxylation sites is 2. The highest BCUT2D eigenvalue weighted by atomic mass is 32.2. The Labute approximate surface area is 174 Å². The molecule has 0 atom stereocenters. The van der Waals surface area contributed by atoms with Crippen LogP contribution in [0.3, 0.4) is 0 Å². The van der Waals surface area contributed by atoms with Gasteiger partial charge in [-0.15, -0.1) is 0 Å². The average Bonchev–Trinajstić information content (AvgIpc) is 2.73. The van der Waals surface area contributed by atoms with Crippen molar-refractivity contribution in [2.45, 2.75) is 0 Å². The molecule has 2 aromatic rings. The fourth-order valence-electron chi connectivity index (χ4n) is 3.35. The molecule has 1 aliphatic rings. The predicted molar refractivity (Wildman–Crippen MR) is 110 cm³/mol. The van der Waals surface area contributed by atoms with E-state index in [9.17, 15) is 22.0 Å². The van der Waals surface area contributed by atoms with Crippen LogP contribution in [0, 0.1) is 11.6 Å². The number of rotatable bonds is 6. The van der Waals surface area contributed by atoms with Crippen LogP contribution in [0.2, 0.25) is 0 Å². The molecule has 30 heavy (non-hydrogen) atoms. The summed E-state index contributed by atoms with van der Waals surface area (Å²) in [7, 11) is -2.28. The Balaban J connectivity index is 1.69. The van der Waals surface area contributed by atoms with Crippen molar-refractivity contribution in [1.29, 1.82) is 0 Å². The minimum absolute atomic E-state index is 0.0996. The van der Waals surface area contributed by atoms with Crippen LogP contribution in [-0.2, 0) is 14.8 Å². The predicted octanol–water partition coefficient (Wildman–Crippen LogP) is 2.09. The molecule has 1 amide bonds. The normalized spacial score (nSPS) is 14.5. The number of halogens is 2. The number of methoxy groups -OCH3 is 1. The summed E-state index contributed by atoms with van der Waals surface area (Å²) in [5.41, 5.74) is 0.823. The molecule has 1 aliphatic heterocycles.